The van der Waals surface area contributed by atoms with E-state index in [4.69, 9.17) is 4.42 Å². The van der Waals surface area contributed by atoms with Crippen molar-refractivity contribution in [2.45, 2.75) is 11.4 Å². The van der Waals surface area contributed by atoms with Gasteiger partial charge in [0.25, 0.3) is 5.91 Å². The normalized spacial score (nSPS) is 11.2. The van der Waals surface area contributed by atoms with Gasteiger partial charge in [0.1, 0.15) is 16.5 Å². The van der Waals surface area contributed by atoms with E-state index in [1.54, 1.807) is 12.1 Å². The van der Waals surface area contributed by atoms with Crippen LogP contribution in [0, 0.1) is 5.82 Å². The predicted octanol–water partition coefficient (Wildman–Crippen LogP) is 1.81. The summed E-state index contributed by atoms with van der Waals surface area (Å²) < 4.78 is 45.0. The highest BCUT2D eigenvalue weighted by atomic mass is 32.2. The van der Waals surface area contributed by atoms with Crippen LogP contribution >= 0.6 is 0 Å². The molecule has 2 rings (SSSR count). The predicted molar refractivity (Wildman–Crippen MR) is 81.7 cm³/mol. The molecule has 8 heteroatoms. The lowest BCUT2D eigenvalue weighted by Crippen LogP contribution is -2.26. The maximum atomic E-state index is 13.8. The highest BCUT2D eigenvalue weighted by Gasteiger charge is 2.20. The number of carbonyl (C=O) groups is 1. The minimum atomic E-state index is -4.06. The number of furan rings is 1. The van der Waals surface area contributed by atoms with Crippen LogP contribution < -0.4 is 10.0 Å². The average Bonchev–Trinajstić information content (AvgIpc) is 3.04. The summed E-state index contributed by atoms with van der Waals surface area (Å²) in [6.45, 7) is 3.47. The van der Waals surface area contributed by atoms with Gasteiger partial charge in [0, 0.05) is 12.1 Å². The molecular weight excluding hydrogens is 323 g/mol. The second-order valence-corrected chi connectivity index (χ2v) is 6.28. The van der Waals surface area contributed by atoms with Gasteiger partial charge in [-0.25, -0.2) is 17.5 Å². The molecule has 1 aromatic heterocycles. The summed E-state index contributed by atoms with van der Waals surface area (Å²) in [5.41, 5.74) is 0.0249. The summed E-state index contributed by atoms with van der Waals surface area (Å²) >= 11 is 0. The molecule has 0 fully saturated rings. The first kappa shape index (κ1) is 16.9. The van der Waals surface area contributed by atoms with Gasteiger partial charge in [0.05, 0.1) is 12.8 Å². The number of carbonyl (C=O) groups excluding carboxylic acids is 1. The summed E-state index contributed by atoms with van der Waals surface area (Å²) in [7, 11) is -4.06. The summed E-state index contributed by atoms with van der Waals surface area (Å²) in [6, 6.07) is 6.48. The van der Waals surface area contributed by atoms with E-state index in [2.05, 4.69) is 16.6 Å². The van der Waals surface area contributed by atoms with Crippen LogP contribution in [0.15, 0.2) is 58.6 Å². The molecule has 0 saturated heterocycles. The fourth-order valence-corrected chi connectivity index (χ4v) is 2.88. The lowest BCUT2D eigenvalue weighted by Gasteiger charge is -2.08. The van der Waals surface area contributed by atoms with Crippen LogP contribution in [0.1, 0.15) is 16.1 Å². The first-order valence-corrected chi connectivity index (χ1v) is 8.13. The molecule has 1 heterocycles. The molecule has 0 saturated carbocycles. The lowest BCUT2D eigenvalue weighted by molar-refractivity contribution is 0.0947. The van der Waals surface area contributed by atoms with E-state index >= 15 is 0 Å². The van der Waals surface area contributed by atoms with Crippen LogP contribution in [0.2, 0.25) is 0 Å². The molecule has 1 amide bonds. The molecule has 0 aliphatic rings. The van der Waals surface area contributed by atoms with Crippen molar-refractivity contribution in [3.05, 3.63) is 66.4 Å². The first-order chi connectivity index (χ1) is 10.9. The van der Waals surface area contributed by atoms with Gasteiger partial charge in [0.15, 0.2) is 0 Å². The topological polar surface area (TPSA) is 88.4 Å². The Morgan fingerprint density at radius 2 is 2.13 bits per heavy atom. The van der Waals surface area contributed by atoms with Crippen LogP contribution in [-0.2, 0) is 16.6 Å². The monoisotopic (exact) mass is 338 g/mol. The molecule has 2 aromatic rings. The van der Waals surface area contributed by atoms with Crippen molar-refractivity contribution in [2.24, 2.45) is 0 Å². The minimum absolute atomic E-state index is 0.0249. The molecule has 0 aliphatic heterocycles. The number of sulfonamides is 1. The summed E-state index contributed by atoms with van der Waals surface area (Å²) in [5, 5.41) is 2.56. The van der Waals surface area contributed by atoms with Gasteiger partial charge in [-0.3, -0.25) is 4.79 Å². The van der Waals surface area contributed by atoms with Crippen molar-refractivity contribution in [2.75, 3.05) is 6.54 Å². The van der Waals surface area contributed by atoms with E-state index < -0.39 is 26.6 Å². The molecule has 0 atom stereocenters. The van der Waals surface area contributed by atoms with Crippen LogP contribution in [0.4, 0.5) is 4.39 Å². The molecule has 0 aliphatic carbocycles. The molecule has 23 heavy (non-hydrogen) atoms. The van der Waals surface area contributed by atoms with Gasteiger partial charge in [0.2, 0.25) is 10.0 Å². The van der Waals surface area contributed by atoms with Crippen molar-refractivity contribution >= 4 is 15.9 Å². The smallest absolute Gasteiger partial charge is 0.251 e. The molecule has 0 spiro atoms. The number of hydrogen-bond donors (Lipinski definition) is 2. The lowest BCUT2D eigenvalue weighted by atomic mass is 10.2. The Hall–Kier alpha value is -2.45. The van der Waals surface area contributed by atoms with Crippen molar-refractivity contribution in [1.82, 2.24) is 10.0 Å². The van der Waals surface area contributed by atoms with Gasteiger partial charge in [-0.05, 0) is 30.3 Å². The zero-order chi connectivity index (χ0) is 16.9. The highest BCUT2D eigenvalue weighted by molar-refractivity contribution is 7.89. The van der Waals surface area contributed by atoms with Gasteiger partial charge >= 0.3 is 0 Å². The van der Waals surface area contributed by atoms with Crippen molar-refractivity contribution in [3.63, 3.8) is 0 Å². The third-order valence-electron chi connectivity index (χ3n) is 2.90. The van der Waals surface area contributed by atoms with E-state index in [0.717, 1.165) is 12.1 Å². The second kappa shape index (κ2) is 7.21. The molecule has 0 bridgehead atoms. The molecule has 0 radical (unpaired) electrons. The van der Waals surface area contributed by atoms with Crippen LogP contribution in [-0.4, -0.2) is 20.9 Å². The second-order valence-electron chi connectivity index (χ2n) is 4.55. The zero-order valence-electron chi connectivity index (χ0n) is 12.1. The van der Waals surface area contributed by atoms with Gasteiger partial charge in [-0.15, -0.1) is 6.58 Å². The maximum absolute atomic E-state index is 13.8. The average molecular weight is 338 g/mol. The SMILES string of the molecule is C=CCNS(=O)(=O)c1cc(C(=O)NCc2ccco2)ccc1F. The zero-order valence-corrected chi connectivity index (χ0v) is 12.9. The van der Waals surface area contributed by atoms with E-state index in [-0.39, 0.29) is 18.7 Å². The molecule has 2 N–H and O–H groups in total. The minimum Gasteiger partial charge on any atom is -0.467 e. The Labute approximate surface area is 133 Å². The maximum Gasteiger partial charge on any atom is 0.251 e. The highest BCUT2D eigenvalue weighted by Crippen LogP contribution is 2.16. The molecule has 1 aromatic carbocycles. The largest absolute Gasteiger partial charge is 0.467 e. The fourth-order valence-electron chi connectivity index (χ4n) is 1.78. The first-order valence-electron chi connectivity index (χ1n) is 6.65. The van der Waals surface area contributed by atoms with Crippen LogP contribution in [0.5, 0.6) is 0 Å². The number of hydrogen-bond acceptors (Lipinski definition) is 4. The number of benzene rings is 1. The Balaban J connectivity index is 2.19. The van der Waals surface area contributed by atoms with E-state index in [9.17, 15) is 17.6 Å². The number of halogens is 1. The van der Waals surface area contributed by atoms with Gasteiger partial charge in [-0.1, -0.05) is 6.08 Å². The summed E-state index contributed by atoms with van der Waals surface area (Å²) in [4.78, 5) is 11.4. The van der Waals surface area contributed by atoms with Gasteiger partial charge < -0.3 is 9.73 Å². The van der Waals surface area contributed by atoms with Crippen LogP contribution in [0.25, 0.3) is 0 Å². The molecular formula is C15H15FN2O4S. The molecule has 122 valence electrons. The Kier molecular flexibility index (Phi) is 5.30. The third kappa shape index (κ3) is 4.27. The van der Waals surface area contributed by atoms with E-state index in [1.807, 2.05) is 0 Å². The van der Waals surface area contributed by atoms with E-state index in [0.29, 0.717) is 5.76 Å². The van der Waals surface area contributed by atoms with Crippen molar-refractivity contribution in [1.29, 1.82) is 0 Å². The Morgan fingerprint density at radius 1 is 1.35 bits per heavy atom. The molecule has 6 nitrogen and oxygen atoms in total. The summed E-state index contributed by atoms with van der Waals surface area (Å²) in [6.07, 6.45) is 2.80. The van der Waals surface area contributed by atoms with Crippen molar-refractivity contribution in [3.8, 4) is 0 Å². The van der Waals surface area contributed by atoms with Crippen molar-refractivity contribution < 1.29 is 22.0 Å². The Morgan fingerprint density at radius 3 is 2.78 bits per heavy atom. The Bertz CT molecular complexity index is 801. The van der Waals surface area contributed by atoms with Crippen LogP contribution in [0.3, 0.4) is 0 Å². The summed E-state index contributed by atoms with van der Waals surface area (Å²) in [5.74, 6) is -0.938. The molecule has 0 unspecified atom stereocenters. The van der Waals surface area contributed by atoms with E-state index in [1.165, 1.54) is 18.4 Å². The number of nitrogens with one attached hydrogen (secondary N) is 2. The number of rotatable bonds is 7. The standard InChI is InChI=1S/C15H15FN2O4S/c1-2-7-18-23(20,21)14-9-11(5-6-13(14)16)15(19)17-10-12-4-3-8-22-12/h2-6,8-9,18H,1,7,10H2,(H,17,19). The fraction of sp³-hybridized carbons (Fsp3) is 0.133. The quantitative estimate of drug-likeness (QED) is 0.754. The number of amides is 1. The third-order valence-corrected chi connectivity index (χ3v) is 4.34. The van der Waals surface area contributed by atoms with Gasteiger partial charge in [-0.2, -0.15) is 0 Å².